The lowest BCUT2D eigenvalue weighted by Gasteiger charge is -2.45. The Kier molecular flexibility index (Phi) is 20.1. The molecule has 0 aliphatic carbocycles. The minimum Gasteiger partial charge on any atom is -0.417 e. The lowest BCUT2D eigenvalue weighted by Crippen LogP contribution is -2.50. The fraction of sp³-hybridized carbons (Fsp3) is 0.789. The highest BCUT2D eigenvalue weighted by Gasteiger charge is 2.44. The van der Waals surface area contributed by atoms with Gasteiger partial charge in [0.2, 0.25) is 0 Å². The van der Waals surface area contributed by atoms with Crippen molar-refractivity contribution in [2.24, 2.45) is 22.9 Å². The number of ether oxygens (including phenoxy) is 3. The first kappa shape index (κ1) is 44.5. The fourth-order valence-electron chi connectivity index (χ4n) is 5.20. The molecule has 0 aromatic heterocycles. The van der Waals surface area contributed by atoms with E-state index in [1.165, 1.54) is 5.56 Å². The normalized spacial score (nSPS) is 16.4. The topological polar surface area (TPSA) is 94.9 Å². The summed E-state index contributed by atoms with van der Waals surface area (Å²) in [5.41, 5.74) is 11.0. The Morgan fingerprint density at radius 2 is 1.52 bits per heavy atom. The van der Waals surface area contributed by atoms with Gasteiger partial charge in [-0.05, 0) is 97.2 Å². The summed E-state index contributed by atoms with van der Waals surface area (Å²) < 4.78 is 30.7. The van der Waals surface area contributed by atoms with E-state index < -0.39 is 16.6 Å². The largest absolute Gasteiger partial charge is 0.417 e. The zero-order chi connectivity index (χ0) is 36.4. The van der Waals surface area contributed by atoms with Crippen LogP contribution < -0.4 is 0 Å². The van der Waals surface area contributed by atoms with E-state index in [1.807, 2.05) is 18.2 Å². The molecule has 10 heteroatoms. The van der Waals surface area contributed by atoms with Gasteiger partial charge in [-0.15, -0.1) is 0 Å². The van der Waals surface area contributed by atoms with Gasteiger partial charge in [0.15, 0.2) is 16.6 Å². The van der Waals surface area contributed by atoms with Gasteiger partial charge in [0.05, 0.1) is 13.2 Å². The molecule has 0 fully saturated rings. The third-order valence-electron chi connectivity index (χ3n) is 10.3. The smallest absolute Gasteiger partial charge is 0.192 e. The van der Waals surface area contributed by atoms with E-state index in [2.05, 4.69) is 116 Å². The van der Waals surface area contributed by atoms with Gasteiger partial charge in [-0.3, -0.25) is 0 Å². The highest BCUT2D eigenvalue weighted by molar-refractivity contribution is 6.74. The average Bonchev–Trinajstić information content (AvgIpc) is 2.99. The molecular weight excluding hydrogens is 635 g/mol. The Hall–Kier alpha value is -1.50. The van der Waals surface area contributed by atoms with Crippen LogP contribution in [0.1, 0.15) is 93.1 Å². The van der Waals surface area contributed by atoms with Crippen molar-refractivity contribution in [3.05, 3.63) is 58.5 Å². The molecule has 0 unspecified atom stereocenters. The highest BCUT2D eigenvalue weighted by atomic mass is 28.4. The number of allylic oxidation sites excluding steroid dienone is 2. The predicted molar refractivity (Wildman–Crippen MR) is 206 cm³/mol. The number of nitrogens with zero attached hydrogens (tertiary/aromatic N) is 3. The fourth-order valence-corrected chi connectivity index (χ4v) is 7.70. The van der Waals surface area contributed by atoms with Crippen LogP contribution in [0.15, 0.2) is 47.6 Å². The summed E-state index contributed by atoms with van der Waals surface area (Å²) in [7, 11) is -2.52. The Balaban J connectivity index is 3.31. The SMILES string of the molecule is COCOC[C@@H](C)C/C=C\CC[C@H](N=[N+]=[N-])[C@@H]([C@H](C)CO[Si](C)(C)C(C)(C)C)[C@@H](CCCOCc1ccccc1)O[Si](C)(C)C(C)(C)C. The number of rotatable bonds is 24. The first-order chi connectivity index (χ1) is 22.4. The molecule has 0 saturated heterocycles. The van der Waals surface area contributed by atoms with E-state index in [0.717, 1.165) is 32.1 Å². The molecule has 0 spiro atoms. The summed E-state index contributed by atoms with van der Waals surface area (Å²) in [5.74, 6) is 0.538. The zero-order valence-electron chi connectivity index (χ0n) is 32.9. The van der Waals surface area contributed by atoms with Crippen molar-refractivity contribution >= 4 is 16.6 Å². The van der Waals surface area contributed by atoms with Crippen molar-refractivity contribution in [1.29, 1.82) is 0 Å². The Labute approximate surface area is 296 Å². The molecule has 0 bridgehead atoms. The molecule has 48 heavy (non-hydrogen) atoms. The van der Waals surface area contributed by atoms with Crippen molar-refractivity contribution < 1.29 is 23.1 Å². The Bertz CT molecular complexity index is 1080. The second kappa shape index (κ2) is 21.7. The number of benzene rings is 1. The summed E-state index contributed by atoms with van der Waals surface area (Å²) in [5, 5.41) is 4.64. The molecule has 0 aliphatic rings. The van der Waals surface area contributed by atoms with Gasteiger partial charge in [-0.25, -0.2) is 0 Å². The van der Waals surface area contributed by atoms with Gasteiger partial charge in [-0.2, -0.15) is 0 Å². The minimum absolute atomic E-state index is 0.00341. The quantitative estimate of drug-likeness (QED) is 0.0203. The molecule has 0 N–H and O–H groups in total. The molecule has 0 amide bonds. The van der Waals surface area contributed by atoms with E-state index in [0.29, 0.717) is 39.1 Å². The van der Waals surface area contributed by atoms with Crippen LogP contribution in [-0.2, 0) is 29.7 Å². The molecule has 1 rings (SSSR count). The lowest BCUT2D eigenvalue weighted by molar-refractivity contribution is -0.0411. The van der Waals surface area contributed by atoms with Crippen molar-refractivity contribution in [2.75, 3.05) is 33.7 Å². The number of hydrogen-bond acceptors (Lipinski definition) is 6. The highest BCUT2D eigenvalue weighted by Crippen LogP contribution is 2.42. The van der Waals surface area contributed by atoms with E-state index in [1.54, 1.807) is 7.11 Å². The van der Waals surface area contributed by atoms with E-state index in [4.69, 9.17) is 23.1 Å². The molecule has 1 aromatic carbocycles. The monoisotopic (exact) mass is 705 g/mol. The van der Waals surface area contributed by atoms with Crippen LogP contribution in [0.5, 0.6) is 0 Å². The maximum absolute atomic E-state index is 9.85. The summed E-state index contributed by atoms with van der Waals surface area (Å²) in [6.45, 7) is 30.2. The maximum Gasteiger partial charge on any atom is 0.192 e. The third-order valence-corrected chi connectivity index (χ3v) is 19.3. The van der Waals surface area contributed by atoms with Gasteiger partial charge >= 0.3 is 0 Å². The van der Waals surface area contributed by atoms with Crippen molar-refractivity contribution in [2.45, 2.75) is 143 Å². The van der Waals surface area contributed by atoms with Crippen LogP contribution in [0.2, 0.25) is 36.3 Å². The Morgan fingerprint density at radius 1 is 0.875 bits per heavy atom. The van der Waals surface area contributed by atoms with Crippen LogP contribution in [-0.4, -0.2) is 62.5 Å². The third kappa shape index (κ3) is 16.5. The molecular formula is C38H71N3O5Si2. The second-order valence-electron chi connectivity index (χ2n) is 16.7. The van der Waals surface area contributed by atoms with Crippen molar-refractivity contribution in [3.8, 4) is 0 Å². The molecule has 1 aromatic rings. The van der Waals surface area contributed by atoms with E-state index in [9.17, 15) is 5.53 Å². The van der Waals surface area contributed by atoms with E-state index in [-0.39, 0.29) is 34.1 Å². The van der Waals surface area contributed by atoms with Gasteiger partial charge in [0.25, 0.3) is 0 Å². The van der Waals surface area contributed by atoms with Gasteiger partial charge < -0.3 is 23.1 Å². The summed E-state index contributed by atoms with van der Waals surface area (Å²) in [6, 6.07) is 10.1. The zero-order valence-corrected chi connectivity index (χ0v) is 34.9. The van der Waals surface area contributed by atoms with Crippen LogP contribution >= 0.6 is 0 Å². The average molecular weight is 706 g/mol. The standard InChI is InChI=1S/C38H71N3O5Si2/c1-31(27-44-30-42-9)21-16-14-19-24-34(40-41-39)36(32(2)28-45-47(10,11)37(3,4)5)35(46-48(12,13)38(6,7)8)25-20-26-43-29-33-22-17-15-18-23-33/h14-18,22-23,31-32,34-36H,19-21,24-30H2,1-13H3/b16-14-/t31-,32+,34-,35+,36+/m0/s1. The van der Waals surface area contributed by atoms with Gasteiger partial charge in [0, 0.05) is 37.4 Å². The van der Waals surface area contributed by atoms with Crippen LogP contribution in [0, 0.1) is 17.8 Å². The number of methoxy groups -OCH3 is 1. The van der Waals surface area contributed by atoms with Crippen LogP contribution in [0.4, 0.5) is 0 Å². The maximum atomic E-state index is 9.85. The van der Waals surface area contributed by atoms with Crippen molar-refractivity contribution in [3.63, 3.8) is 0 Å². The molecule has 0 saturated carbocycles. The van der Waals surface area contributed by atoms with Crippen LogP contribution in [0.3, 0.4) is 0 Å². The molecule has 8 nitrogen and oxygen atoms in total. The molecule has 0 heterocycles. The van der Waals surface area contributed by atoms with Crippen molar-refractivity contribution in [1.82, 2.24) is 0 Å². The molecule has 0 radical (unpaired) electrons. The first-order valence-electron chi connectivity index (χ1n) is 18.1. The van der Waals surface area contributed by atoms with Gasteiger partial charge in [0.1, 0.15) is 6.79 Å². The number of hydrogen-bond donors (Lipinski definition) is 0. The van der Waals surface area contributed by atoms with Gasteiger partial charge in [-0.1, -0.05) is 103 Å². The summed E-state index contributed by atoms with van der Waals surface area (Å²) in [6.07, 6.45) is 8.58. The summed E-state index contributed by atoms with van der Waals surface area (Å²) >= 11 is 0. The number of azide groups is 1. The summed E-state index contributed by atoms with van der Waals surface area (Å²) in [4.78, 5) is 3.40. The predicted octanol–water partition coefficient (Wildman–Crippen LogP) is 11.3. The molecule has 5 atom stereocenters. The Morgan fingerprint density at radius 3 is 2.10 bits per heavy atom. The molecule has 276 valence electrons. The van der Waals surface area contributed by atoms with Crippen LogP contribution in [0.25, 0.3) is 10.4 Å². The molecule has 0 aliphatic heterocycles. The minimum atomic E-state index is -2.17. The second-order valence-corrected chi connectivity index (χ2v) is 26.2. The first-order valence-corrected chi connectivity index (χ1v) is 23.9. The van der Waals surface area contributed by atoms with E-state index >= 15 is 0 Å². The lowest BCUT2D eigenvalue weighted by atomic mass is 9.80.